The summed E-state index contributed by atoms with van der Waals surface area (Å²) in [5.41, 5.74) is -1.27. The molecule has 0 heterocycles. The van der Waals surface area contributed by atoms with Crippen molar-refractivity contribution in [2.24, 2.45) is 0 Å². The van der Waals surface area contributed by atoms with Crippen molar-refractivity contribution >= 4 is 29.2 Å². The van der Waals surface area contributed by atoms with Crippen LogP contribution in [0.1, 0.15) is 31.8 Å². The number of ether oxygens (including phenoxy) is 1. The lowest BCUT2D eigenvalue weighted by molar-refractivity contribution is 0.0684. The molecule has 0 aliphatic heterocycles. The molecule has 0 aromatic heterocycles. The molecule has 3 rings (SSSR count). The number of hydrogen-bond acceptors (Lipinski definition) is 3. The lowest BCUT2D eigenvalue weighted by atomic mass is 10.0. The fourth-order valence-corrected chi connectivity index (χ4v) is 3.10. The van der Waals surface area contributed by atoms with Gasteiger partial charge in [-0.05, 0) is 36.2 Å². The number of anilines is 1. The van der Waals surface area contributed by atoms with Crippen molar-refractivity contribution in [1.29, 1.82) is 0 Å². The van der Waals surface area contributed by atoms with Crippen molar-refractivity contribution in [2.75, 3.05) is 5.32 Å². The van der Waals surface area contributed by atoms with E-state index in [0.717, 1.165) is 11.1 Å². The van der Waals surface area contributed by atoms with Crippen molar-refractivity contribution in [1.82, 2.24) is 0 Å². The van der Waals surface area contributed by atoms with Crippen LogP contribution in [0.15, 0.2) is 42.5 Å². The number of amides is 1. The van der Waals surface area contributed by atoms with Crippen molar-refractivity contribution in [2.45, 2.75) is 13.5 Å². The summed E-state index contributed by atoms with van der Waals surface area (Å²) in [4.78, 5) is 23.6. The van der Waals surface area contributed by atoms with E-state index < -0.39 is 46.3 Å². The standard InChI is InChI=1S/C22H14ClF4NO4/c1-10-4-2-3-5-11(10)9-32-14-7-6-12(8-13(14)23)28-21(29)15-16(22(30)31)18(25)20(27)19(26)17(15)24/h2-8H,9H2,1H3,(H,28,29)(H,30,31). The van der Waals surface area contributed by atoms with Gasteiger partial charge in [0.15, 0.2) is 23.3 Å². The van der Waals surface area contributed by atoms with E-state index >= 15 is 0 Å². The molecule has 166 valence electrons. The molecule has 0 aliphatic rings. The molecule has 3 aromatic carbocycles. The van der Waals surface area contributed by atoms with Crippen LogP contribution in [0, 0.1) is 30.2 Å². The molecule has 3 aromatic rings. The first kappa shape index (κ1) is 23.1. The minimum Gasteiger partial charge on any atom is -0.487 e. The molecular formula is C22H14ClF4NO4. The van der Waals surface area contributed by atoms with Crippen LogP contribution in [0.3, 0.4) is 0 Å². The first-order chi connectivity index (χ1) is 15.1. The molecule has 5 nitrogen and oxygen atoms in total. The molecular weight excluding hydrogens is 454 g/mol. The SMILES string of the molecule is Cc1ccccc1COc1ccc(NC(=O)c2c(F)c(F)c(F)c(F)c2C(=O)O)cc1Cl. The number of halogens is 5. The van der Waals surface area contributed by atoms with Gasteiger partial charge in [0.05, 0.1) is 10.6 Å². The maximum Gasteiger partial charge on any atom is 0.339 e. The Morgan fingerprint density at radius 3 is 2.19 bits per heavy atom. The Morgan fingerprint density at radius 2 is 1.59 bits per heavy atom. The van der Waals surface area contributed by atoms with Crippen LogP contribution in [-0.4, -0.2) is 17.0 Å². The summed E-state index contributed by atoms with van der Waals surface area (Å²) >= 11 is 6.14. The number of benzene rings is 3. The second kappa shape index (κ2) is 9.27. The highest BCUT2D eigenvalue weighted by molar-refractivity contribution is 6.32. The second-order valence-electron chi connectivity index (χ2n) is 6.63. The number of hydrogen-bond donors (Lipinski definition) is 2. The highest BCUT2D eigenvalue weighted by Crippen LogP contribution is 2.30. The van der Waals surface area contributed by atoms with Crippen molar-refractivity contribution in [3.8, 4) is 5.75 Å². The highest BCUT2D eigenvalue weighted by atomic mass is 35.5. The first-order valence-electron chi connectivity index (χ1n) is 8.99. The molecule has 0 bridgehead atoms. The number of carbonyl (C=O) groups excluding carboxylic acids is 1. The van der Waals surface area contributed by atoms with Gasteiger partial charge in [-0.3, -0.25) is 4.79 Å². The van der Waals surface area contributed by atoms with Crippen molar-refractivity contribution < 1.29 is 37.0 Å². The molecule has 32 heavy (non-hydrogen) atoms. The van der Waals surface area contributed by atoms with Gasteiger partial charge in [0.25, 0.3) is 5.91 Å². The number of aromatic carboxylic acids is 1. The molecule has 0 spiro atoms. The number of nitrogens with one attached hydrogen (secondary N) is 1. The zero-order valence-electron chi connectivity index (χ0n) is 16.3. The molecule has 2 N–H and O–H groups in total. The van der Waals surface area contributed by atoms with Gasteiger partial charge in [0.2, 0.25) is 0 Å². The van der Waals surface area contributed by atoms with E-state index in [1.807, 2.05) is 31.2 Å². The van der Waals surface area contributed by atoms with Gasteiger partial charge in [0.1, 0.15) is 17.9 Å². The molecule has 0 aliphatic carbocycles. The predicted octanol–water partition coefficient (Wildman–Crippen LogP) is 5.73. The lowest BCUT2D eigenvalue weighted by Crippen LogP contribution is -2.22. The number of carboxylic acid groups (broad SMARTS) is 1. The van der Waals surface area contributed by atoms with Crippen LogP contribution in [0.2, 0.25) is 5.02 Å². The molecule has 1 amide bonds. The monoisotopic (exact) mass is 467 g/mol. The van der Waals surface area contributed by atoms with Crippen LogP contribution < -0.4 is 10.1 Å². The number of carbonyl (C=O) groups is 2. The first-order valence-corrected chi connectivity index (χ1v) is 9.37. The third-order valence-electron chi connectivity index (χ3n) is 4.54. The van der Waals surface area contributed by atoms with Crippen LogP contribution in [-0.2, 0) is 6.61 Å². The van der Waals surface area contributed by atoms with Crippen LogP contribution in [0.25, 0.3) is 0 Å². The fourth-order valence-electron chi connectivity index (χ4n) is 2.86. The topological polar surface area (TPSA) is 75.6 Å². The van der Waals surface area contributed by atoms with Gasteiger partial charge in [-0.1, -0.05) is 35.9 Å². The van der Waals surface area contributed by atoms with Crippen molar-refractivity contribution in [3.63, 3.8) is 0 Å². The van der Waals surface area contributed by atoms with Gasteiger partial charge in [-0.15, -0.1) is 0 Å². The quantitative estimate of drug-likeness (QED) is 0.275. The highest BCUT2D eigenvalue weighted by Gasteiger charge is 2.32. The third kappa shape index (κ3) is 4.52. The molecule has 0 unspecified atom stereocenters. The van der Waals surface area contributed by atoms with Crippen molar-refractivity contribution in [3.05, 3.63) is 93.0 Å². The summed E-state index contributed by atoms with van der Waals surface area (Å²) in [6.45, 7) is 2.12. The summed E-state index contributed by atoms with van der Waals surface area (Å²) in [6.07, 6.45) is 0. The maximum atomic E-state index is 14.1. The molecule has 0 saturated heterocycles. The van der Waals surface area contributed by atoms with Gasteiger partial charge < -0.3 is 15.2 Å². The Hall–Kier alpha value is -3.59. The molecule has 10 heteroatoms. The second-order valence-corrected chi connectivity index (χ2v) is 7.03. The van der Waals surface area contributed by atoms with E-state index in [0.29, 0.717) is 0 Å². The Kier molecular flexibility index (Phi) is 6.69. The average molecular weight is 468 g/mol. The Balaban J connectivity index is 1.84. The van der Waals surface area contributed by atoms with Gasteiger partial charge in [-0.2, -0.15) is 0 Å². The largest absolute Gasteiger partial charge is 0.487 e. The Bertz CT molecular complexity index is 1230. The summed E-state index contributed by atoms with van der Waals surface area (Å²) in [5.74, 6) is -12.4. The van der Waals surface area contributed by atoms with Gasteiger partial charge >= 0.3 is 5.97 Å². The third-order valence-corrected chi connectivity index (χ3v) is 4.84. The Labute approximate surface area is 184 Å². The molecule has 0 atom stereocenters. The summed E-state index contributed by atoms with van der Waals surface area (Å²) in [7, 11) is 0. The normalized spacial score (nSPS) is 10.7. The molecule has 0 radical (unpaired) electrons. The minimum atomic E-state index is -2.34. The zero-order chi connectivity index (χ0) is 23.6. The summed E-state index contributed by atoms with van der Waals surface area (Å²) in [6, 6.07) is 11.4. The minimum absolute atomic E-state index is 0.0479. The van der Waals surface area contributed by atoms with Gasteiger partial charge in [0, 0.05) is 5.69 Å². The number of rotatable bonds is 6. The summed E-state index contributed by atoms with van der Waals surface area (Å²) in [5, 5.41) is 11.2. The van der Waals surface area contributed by atoms with E-state index in [4.69, 9.17) is 21.4 Å². The molecule has 0 fully saturated rings. The van der Waals surface area contributed by atoms with Gasteiger partial charge in [-0.25, -0.2) is 22.4 Å². The maximum absolute atomic E-state index is 14.1. The average Bonchev–Trinajstić information content (AvgIpc) is 2.74. The Morgan fingerprint density at radius 1 is 0.969 bits per heavy atom. The van der Waals surface area contributed by atoms with E-state index in [1.165, 1.54) is 18.2 Å². The number of aryl methyl sites for hydroxylation is 1. The zero-order valence-corrected chi connectivity index (χ0v) is 17.1. The smallest absolute Gasteiger partial charge is 0.339 e. The van der Waals surface area contributed by atoms with E-state index in [9.17, 15) is 27.2 Å². The van der Waals surface area contributed by atoms with Crippen LogP contribution in [0.4, 0.5) is 23.2 Å². The van der Waals surface area contributed by atoms with Crippen LogP contribution >= 0.6 is 11.6 Å². The van der Waals surface area contributed by atoms with E-state index in [2.05, 4.69) is 5.32 Å². The number of carboxylic acids is 1. The lowest BCUT2D eigenvalue weighted by Gasteiger charge is -2.13. The summed E-state index contributed by atoms with van der Waals surface area (Å²) < 4.78 is 60.5. The fraction of sp³-hybridized carbons (Fsp3) is 0.0909. The van der Waals surface area contributed by atoms with Crippen LogP contribution in [0.5, 0.6) is 5.75 Å². The predicted molar refractivity (Wildman–Crippen MR) is 108 cm³/mol. The van der Waals surface area contributed by atoms with E-state index in [-0.39, 0.29) is 23.1 Å². The van der Waals surface area contributed by atoms with E-state index in [1.54, 1.807) is 0 Å². The molecule has 0 saturated carbocycles.